The largest absolute Gasteiger partial charge is 0.414 e. The van der Waals surface area contributed by atoms with E-state index in [1.165, 1.54) is 0 Å². The Morgan fingerprint density at radius 3 is 2.36 bits per heavy atom. The number of hydrogen-bond donors (Lipinski definition) is 1. The third kappa shape index (κ3) is 2.98. The van der Waals surface area contributed by atoms with Crippen molar-refractivity contribution in [3.05, 3.63) is 0 Å². The molecule has 4 atom stereocenters. The van der Waals surface area contributed by atoms with Crippen LogP contribution in [-0.4, -0.2) is 49.9 Å². The Hall–Kier alpha value is -0.423. The second kappa shape index (κ2) is 5.30. The third-order valence-electron chi connectivity index (χ3n) is 4.91. The zero-order valence-corrected chi connectivity index (χ0v) is 15.6. The maximum absolute atomic E-state index is 10.8. The number of terminal acetylenes is 1. The first-order valence-electron chi connectivity index (χ1n) is 7.68. The van der Waals surface area contributed by atoms with Gasteiger partial charge in [0.15, 0.2) is 32.1 Å². The van der Waals surface area contributed by atoms with E-state index in [0.29, 0.717) is 0 Å². The lowest BCUT2D eigenvalue weighted by Gasteiger charge is -2.38. The molecule has 5 nitrogen and oxygen atoms in total. The molecule has 0 bridgehead atoms. The first-order valence-corrected chi connectivity index (χ1v) is 10.6. The van der Waals surface area contributed by atoms with E-state index in [-0.39, 0.29) is 11.6 Å². The lowest BCUT2D eigenvalue weighted by Crippen LogP contribution is -2.51. The minimum absolute atomic E-state index is 0.0741. The van der Waals surface area contributed by atoms with Gasteiger partial charge in [0.05, 0.1) is 6.61 Å². The number of aliphatic hydroxyl groups is 1. The van der Waals surface area contributed by atoms with Crippen molar-refractivity contribution in [1.29, 1.82) is 0 Å². The van der Waals surface area contributed by atoms with Crippen LogP contribution < -0.4 is 0 Å². The lowest BCUT2D eigenvalue weighted by molar-refractivity contribution is -0.225. The quantitative estimate of drug-likeness (QED) is 0.636. The molecule has 0 aromatic carbocycles. The van der Waals surface area contributed by atoms with Crippen LogP contribution in [0.15, 0.2) is 0 Å². The molecular weight excluding hydrogens is 300 g/mol. The lowest BCUT2D eigenvalue weighted by atomic mass is 9.94. The van der Waals surface area contributed by atoms with Gasteiger partial charge in [-0.3, -0.25) is 0 Å². The molecule has 2 aliphatic heterocycles. The first-order chi connectivity index (χ1) is 9.82. The maximum atomic E-state index is 10.8. The minimum Gasteiger partial charge on any atom is -0.414 e. The third-order valence-corrected chi connectivity index (χ3v) is 9.41. The van der Waals surface area contributed by atoms with Crippen LogP contribution in [0.1, 0.15) is 34.6 Å². The molecule has 126 valence electrons. The van der Waals surface area contributed by atoms with Gasteiger partial charge in [0.25, 0.3) is 0 Å². The molecule has 0 unspecified atom stereocenters. The van der Waals surface area contributed by atoms with Gasteiger partial charge in [-0.05, 0) is 32.0 Å². The summed E-state index contributed by atoms with van der Waals surface area (Å²) < 4.78 is 23.3. The van der Waals surface area contributed by atoms with Gasteiger partial charge < -0.3 is 23.7 Å². The van der Waals surface area contributed by atoms with Crippen molar-refractivity contribution in [3.8, 4) is 12.3 Å². The summed E-state index contributed by atoms with van der Waals surface area (Å²) in [6, 6.07) is 0. The van der Waals surface area contributed by atoms with Crippen molar-refractivity contribution in [2.24, 2.45) is 0 Å². The monoisotopic (exact) mass is 328 g/mol. The fraction of sp³-hybridized carbons (Fsp3) is 0.875. The molecule has 0 amide bonds. The highest BCUT2D eigenvalue weighted by Crippen LogP contribution is 2.44. The number of rotatable bonds is 3. The summed E-state index contributed by atoms with van der Waals surface area (Å²) in [7, 11) is -1.95. The van der Waals surface area contributed by atoms with Crippen LogP contribution in [0, 0.1) is 12.3 Å². The van der Waals surface area contributed by atoms with Crippen molar-refractivity contribution in [1.82, 2.24) is 0 Å². The van der Waals surface area contributed by atoms with Gasteiger partial charge in [0.1, 0.15) is 6.10 Å². The summed E-state index contributed by atoms with van der Waals surface area (Å²) in [5.74, 6) is 1.62. The van der Waals surface area contributed by atoms with E-state index < -0.39 is 38.2 Å². The Morgan fingerprint density at radius 2 is 1.86 bits per heavy atom. The van der Waals surface area contributed by atoms with Gasteiger partial charge in [-0.1, -0.05) is 26.7 Å². The van der Waals surface area contributed by atoms with E-state index >= 15 is 0 Å². The van der Waals surface area contributed by atoms with Gasteiger partial charge in [0.2, 0.25) is 0 Å². The zero-order valence-electron chi connectivity index (χ0n) is 14.6. The Kier molecular flexibility index (Phi) is 4.32. The highest BCUT2D eigenvalue weighted by atomic mass is 28.4. The van der Waals surface area contributed by atoms with Gasteiger partial charge >= 0.3 is 0 Å². The van der Waals surface area contributed by atoms with Crippen molar-refractivity contribution < 1.29 is 23.7 Å². The maximum Gasteiger partial charge on any atom is 0.192 e. The Morgan fingerprint density at radius 1 is 1.27 bits per heavy atom. The Labute approximate surface area is 134 Å². The van der Waals surface area contributed by atoms with E-state index in [4.69, 9.17) is 25.1 Å². The second-order valence-electron chi connectivity index (χ2n) is 8.09. The molecule has 0 spiro atoms. The van der Waals surface area contributed by atoms with Crippen LogP contribution in [0.25, 0.3) is 0 Å². The van der Waals surface area contributed by atoms with Crippen LogP contribution >= 0.6 is 0 Å². The summed E-state index contributed by atoms with van der Waals surface area (Å²) in [5.41, 5.74) is -1.54. The molecule has 2 rings (SSSR count). The molecule has 2 heterocycles. The molecule has 6 heteroatoms. The van der Waals surface area contributed by atoms with Crippen LogP contribution in [0.5, 0.6) is 0 Å². The Bertz CT molecular complexity index is 476. The number of hydrogen-bond acceptors (Lipinski definition) is 5. The average Bonchev–Trinajstić information content (AvgIpc) is 2.78. The molecule has 22 heavy (non-hydrogen) atoms. The molecule has 0 aromatic rings. The summed E-state index contributed by atoms with van der Waals surface area (Å²) in [5, 5.41) is 10.9. The smallest absolute Gasteiger partial charge is 0.192 e. The van der Waals surface area contributed by atoms with Crippen molar-refractivity contribution in [3.63, 3.8) is 0 Å². The molecular formula is C16H28O5Si. The number of ether oxygens (including phenoxy) is 3. The van der Waals surface area contributed by atoms with E-state index in [9.17, 15) is 5.11 Å². The summed E-state index contributed by atoms with van der Waals surface area (Å²) >= 11 is 0. The summed E-state index contributed by atoms with van der Waals surface area (Å²) in [6.07, 6.45) is 3.56. The van der Waals surface area contributed by atoms with Gasteiger partial charge in [-0.25, -0.2) is 0 Å². The topological polar surface area (TPSA) is 57.2 Å². The summed E-state index contributed by atoms with van der Waals surface area (Å²) in [4.78, 5) is 0. The van der Waals surface area contributed by atoms with Crippen LogP contribution in [0.3, 0.4) is 0 Å². The predicted octanol–water partition coefficient (Wildman–Crippen LogP) is 2.25. The second-order valence-corrected chi connectivity index (χ2v) is 12.9. The summed E-state index contributed by atoms with van der Waals surface area (Å²) in [6.45, 7) is 14.5. The fourth-order valence-corrected chi connectivity index (χ4v) is 3.42. The van der Waals surface area contributed by atoms with Crippen molar-refractivity contribution in [2.75, 3.05) is 6.61 Å². The Balaban J connectivity index is 2.10. The standard InChI is InChI=1S/C16H28O5Si/c1-9-16(17)11(10-18-22(7,8)14(2,3)4)19-13-12(16)20-15(5,6)21-13/h1,11-13,17H,10H2,2-8H3/t11-,12+,13-,16-/m1/s1. The van der Waals surface area contributed by atoms with Gasteiger partial charge in [-0.2, -0.15) is 0 Å². The molecule has 0 aliphatic carbocycles. The minimum atomic E-state index is -1.95. The van der Waals surface area contributed by atoms with Gasteiger partial charge in [-0.15, -0.1) is 6.42 Å². The number of fused-ring (bicyclic) bond motifs is 1. The zero-order chi connectivity index (χ0) is 17.0. The predicted molar refractivity (Wildman–Crippen MR) is 85.6 cm³/mol. The van der Waals surface area contributed by atoms with E-state index in [1.807, 2.05) is 0 Å². The molecule has 2 aliphatic rings. The van der Waals surface area contributed by atoms with E-state index in [2.05, 4.69) is 39.8 Å². The normalized spacial score (nSPS) is 37.9. The SMILES string of the molecule is C#C[C@@]1(O)[C@@H](CO[Si](C)(C)C(C)(C)C)O[C@@H]2OC(C)(C)O[C@@H]21. The molecule has 2 saturated heterocycles. The van der Waals surface area contributed by atoms with Crippen LogP contribution in [0.4, 0.5) is 0 Å². The molecule has 0 saturated carbocycles. The molecule has 0 aromatic heterocycles. The van der Waals surface area contributed by atoms with Crippen molar-refractivity contribution >= 4 is 8.32 Å². The molecule has 0 radical (unpaired) electrons. The highest BCUT2D eigenvalue weighted by molar-refractivity contribution is 6.74. The fourth-order valence-electron chi connectivity index (χ4n) is 2.42. The van der Waals surface area contributed by atoms with Crippen molar-refractivity contribution in [2.45, 2.75) is 82.6 Å². The highest BCUT2D eigenvalue weighted by Gasteiger charge is 2.63. The average molecular weight is 328 g/mol. The van der Waals surface area contributed by atoms with E-state index in [0.717, 1.165) is 0 Å². The van der Waals surface area contributed by atoms with Crippen LogP contribution in [0.2, 0.25) is 18.1 Å². The van der Waals surface area contributed by atoms with E-state index in [1.54, 1.807) is 13.8 Å². The molecule has 1 N–H and O–H groups in total. The van der Waals surface area contributed by atoms with Crippen LogP contribution in [-0.2, 0) is 18.6 Å². The first kappa shape index (κ1) is 17.9. The molecule has 2 fully saturated rings. The van der Waals surface area contributed by atoms with Gasteiger partial charge in [0, 0.05) is 0 Å².